The third kappa shape index (κ3) is 2.13. The van der Waals surface area contributed by atoms with Crippen molar-refractivity contribution in [3.8, 4) is 0 Å². The van der Waals surface area contributed by atoms with Gasteiger partial charge >= 0.3 is 0 Å². The molecule has 1 aromatic rings. The van der Waals surface area contributed by atoms with E-state index in [4.69, 9.17) is 5.73 Å². The molecular weight excluding hydrogens is 160 g/mol. The molecule has 74 valence electrons. The van der Waals surface area contributed by atoms with Crippen molar-refractivity contribution in [1.29, 1.82) is 0 Å². The van der Waals surface area contributed by atoms with Crippen LogP contribution < -0.4 is 5.73 Å². The van der Waals surface area contributed by atoms with E-state index < -0.39 is 0 Å². The average Bonchev–Trinajstić information content (AvgIpc) is 2.38. The summed E-state index contributed by atoms with van der Waals surface area (Å²) in [5.41, 5.74) is 9.74. The number of nitrogens with zero attached hydrogens (tertiary/aromatic N) is 1. The molecule has 1 aromatic heterocycles. The van der Waals surface area contributed by atoms with Gasteiger partial charge in [-0.15, -0.1) is 0 Å². The average molecular weight is 180 g/mol. The molecule has 0 atom stereocenters. The number of rotatable bonds is 4. The summed E-state index contributed by atoms with van der Waals surface area (Å²) in [6, 6.07) is 2.29. The molecule has 0 aromatic carbocycles. The SMILES string of the molecule is CCn1c(C)cc(CCCN)c1C. The van der Waals surface area contributed by atoms with E-state index in [-0.39, 0.29) is 0 Å². The van der Waals surface area contributed by atoms with E-state index >= 15 is 0 Å². The zero-order valence-electron chi connectivity index (χ0n) is 8.93. The Labute approximate surface area is 80.7 Å². The molecular formula is C11H20N2. The molecule has 0 aliphatic rings. The van der Waals surface area contributed by atoms with Crippen LogP contribution in [-0.4, -0.2) is 11.1 Å². The van der Waals surface area contributed by atoms with Crippen molar-refractivity contribution in [2.24, 2.45) is 5.73 Å². The van der Waals surface area contributed by atoms with Crippen molar-refractivity contribution in [1.82, 2.24) is 4.57 Å². The lowest BCUT2D eigenvalue weighted by Gasteiger charge is -2.05. The summed E-state index contributed by atoms with van der Waals surface area (Å²) in [5, 5.41) is 0. The summed E-state index contributed by atoms with van der Waals surface area (Å²) in [6.45, 7) is 8.41. The second kappa shape index (κ2) is 4.47. The van der Waals surface area contributed by atoms with Gasteiger partial charge < -0.3 is 10.3 Å². The van der Waals surface area contributed by atoms with Gasteiger partial charge in [-0.3, -0.25) is 0 Å². The highest BCUT2D eigenvalue weighted by Gasteiger charge is 2.06. The standard InChI is InChI=1S/C11H20N2/c1-4-13-9(2)8-11(10(13)3)6-5-7-12/h8H,4-7,12H2,1-3H3. The fraction of sp³-hybridized carbons (Fsp3) is 0.636. The third-order valence-corrected chi connectivity index (χ3v) is 2.64. The molecule has 0 amide bonds. The Morgan fingerprint density at radius 3 is 2.54 bits per heavy atom. The van der Waals surface area contributed by atoms with Crippen molar-refractivity contribution in [3.63, 3.8) is 0 Å². The quantitative estimate of drug-likeness (QED) is 0.755. The summed E-state index contributed by atoms with van der Waals surface area (Å²) in [7, 11) is 0. The van der Waals surface area contributed by atoms with Crippen LogP contribution >= 0.6 is 0 Å². The fourth-order valence-electron chi connectivity index (χ4n) is 1.90. The smallest absolute Gasteiger partial charge is 0.0196 e. The Kier molecular flexibility index (Phi) is 3.55. The van der Waals surface area contributed by atoms with E-state index in [1.165, 1.54) is 17.0 Å². The minimum Gasteiger partial charge on any atom is -0.349 e. The predicted molar refractivity (Wildman–Crippen MR) is 57.0 cm³/mol. The Hall–Kier alpha value is -0.760. The Morgan fingerprint density at radius 1 is 1.38 bits per heavy atom. The maximum atomic E-state index is 5.50. The topological polar surface area (TPSA) is 30.9 Å². The molecule has 0 spiro atoms. The zero-order chi connectivity index (χ0) is 9.84. The monoisotopic (exact) mass is 180 g/mol. The first-order chi connectivity index (χ1) is 6.20. The summed E-state index contributed by atoms with van der Waals surface area (Å²) in [4.78, 5) is 0. The van der Waals surface area contributed by atoms with Gasteiger partial charge in [0.15, 0.2) is 0 Å². The van der Waals surface area contributed by atoms with Gasteiger partial charge in [-0.25, -0.2) is 0 Å². The highest BCUT2D eigenvalue weighted by Crippen LogP contribution is 2.16. The third-order valence-electron chi connectivity index (χ3n) is 2.64. The molecule has 0 aliphatic carbocycles. The van der Waals surface area contributed by atoms with Crippen LogP contribution in [0.2, 0.25) is 0 Å². The first kappa shape index (κ1) is 10.3. The zero-order valence-corrected chi connectivity index (χ0v) is 8.93. The number of aromatic nitrogens is 1. The van der Waals surface area contributed by atoms with E-state index in [0.29, 0.717) is 0 Å². The van der Waals surface area contributed by atoms with Crippen molar-refractivity contribution in [2.75, 3.05) is 6.54 Å². The molecule has 13 heavy (non-hydrogen) atoms. The van der Waals surface area contributed by atoms with Crippen LogP contribution in [0.4, 0.5) is 0 Å². The van der Waals surface area contributed by atoms with E-state index in [9.17, 15) is 0 Å². The van der Waals surface area contributed by atoms with Crippen LogP contribution in [0.3, 0.4) is 0 Å². The van der Waals surface area contributed by atoms with Crippen molar-refractivity contribution >= 4 is 0 Å². The summed E-state index contributed by atoms with van der Waals surface area (Å²) >= 11 is 0. The molecule has 0 bridgehead atoms. The summed E-state index contributed by atoms with van der Waals surface area (Å²) < 4.78 is 2.35. The fourth-order valence-corrected chi connectivity index (χ4v) is 1.90. The highest BCUT2D eigenvalue weighted by atomic mass is 15.0. The first-order valence-corrected chi connectivity index (χ1v) is 5.06. The highest BCUT2D eigenvalue weighted by molar-refractivity contribution is 5.26. The van der Waals surface area contributed by atoms with Crippen molar-refractivity contribution < 1.29 is 0 Å². The molecule has 0 aliphatic heterocycles. The van der Waals surface area contributed by atoms with E-state index in [2.05, 4.69) is 31.4 Å². The first-order valence-electron chi connectivity index (χ1n) is 5.06. The van der Waals surface area contributed by atoms with E-state index in [1.54, 1.807) is 0 Å². The van der Waals surface area contributed by atoms with Gasteiger partial charge in [0.05, 0.1) is 0 Å². The van der Waals surface area contributed by atoms with Crippen LogP contribution in [0.1, 0.15) is 30.3 Å². The van der Waals surface area contributed by atoms with Crippen molar-refractivity contribution in [2.45, 2.75) is 40.2 Å². The molecule has 0 saturated carbocycles. The van der Waals surface area contributed by atoms with Crippen LogP contribution in [0.15, 0.2) is 6.07 Å². The Bertz CT molecular complexity index is 274. The second-order valence-corrected chi connectivity index (χ2v) is 3.53. The number of nitrogens with two attached hydrogens (primary N) is 1. The molecule has 1 heterocycles. The van der Waals surface area contributed by atoms with Crippen LogP contribution in [0.5, 0.6) is 0 Å². The second-order valence-electron chi connectivity index (χ2n) is 3.53. The van der Waals surface area contributed by atoms with Gasteiger partial charge in [-0.05, 0) is 51.8 Å². The lowest BCUT2D eigenvalue weighted by Crippen LogP contribution is -2.02. The number of aryl methyl sites for hydroxylation is 2. The normalized spacial score (nSPS) is 10.8. The summed E-state index contributed by atoms with van der Waals surface area (Å²) in [5.74, 6) is 0. The lowest BCUT2D eigenvalue weighted by molar-refractivity contribution is 0.711. The van der Waals surface area contributed by atoms with Crippen molar-refractivity contribution in [3.05, 3.63) is 23.0 Å². The maximum Gasteiger partial charge on any atom is 0.0196 e. The minimum atomic E-state index is 0.787. The molecule has 0 fully saturated rings. The molecule has 2 heteroatoms. The maximum absolute atomic E-state index is 5.50. The Morgan fingerprint density at radius 2 is 2.08 bits per heavy atom. The summed E-state index contributed by atoms with van der Waals surface area (Å²) in [6.07, 6.45) is 2.21. The molecule has 0 saturated heterocycles. The Balaban J connectivity index is 2.83. The lowest BCUT2D eigenvalue weighted by atomic mass is 10.1. The predicted octanol–water partition coefficient (Wildman–Crippen LogP) is 2.02. The van der Waals surface area contributed by atoms with Gasteiger partial charge in [0.2, 0.25) is 0 Å². The van der Waals surface area contributed by atoms with E-state index in [0.717, 1.165) is 25.9 Å². The van der Waals surface area contributed by atoms with Crippen LogP contribution in [0.25, 0.3) is 0 Å². The van der Waals surface area contributed by atoms with Gasteiger partial charge in [0.1, 0.15) is 0 Å². The van der Waals surface area contributed by atoms with E-state index in [1.807, 2.05) is 0 Å². The minimum absolute atomic E-state index is 0.787. The van der Waals surface area contributed by atoms with Gasteiger partial charge in [-0.2, -0.15) is 0 Å². The molecule has 0 unspecified atom stereocenters. The molecule has 2 nitrogen and oxygen atoms in total. The van der Waals surface area contributed by atoms with Gasteiger partial charge in [-0.1, -0.05) is 0 Å². The van der Waals surface area contributed by atoms with Crippen LogP contribution in [0, 0.1) is 13.8 Å². The molecule has 2 N–H and O–H groups in total. The largest absolute Gasteiger partial charge is 0.349 e. The van der Waals surface area contributed by atoms with Gasteiger partial charge in [0, 0.05) is 17.9 Å². The van der Waals surface area contributed by atoms with Gasteiger partial charge in [0.25, 0.3) is 0 Å². The molecule has 1 rings (SSSR count). The number of hydrogen-bond acceptors (Lipinski definition) is 1. The molecule has 0 radical (unpaired) electrons. The van der Waals surface area contributed by atoms with Crippen LogP contribution in [-0.2, 0) is 13.0 Å². The number of hydrogen-bond donors (Lipinski definition) is 1.